The van der Waals surface area contributed by atoms with Gasteiger partial charge in [-0.3, -0.25) is 4.90 Å². The predicted octanol–water partition coefficient (Wildman–Crippen LogP) is 1.73. The Labute approximate surface area is 132 Å². The smallest absolute Gasteiger partial charge is 0.234 e. The normalized spacial score (nSPS) is 16.4. The van der Waals surface area contributed by atoms with Gasteiger partial charge in [0.1, 0.15) is 5.01 Å². The topological polar surface area (TPSA) is 55.5 Å². The van der Waals surface area contributed by atoms with Gasteiger partial charge < -0.3 is 4.74 Å². The van der Waals surface area contributed by atoms with Crippen LogP contribution < -0.4 is 0 Å². The predicted molar refractivity (Wildman–Crippen MR) is 85.1 cm³/mol. The molecule has 0 bridgehead atoms. The van der Waals surface area contributed by atoms with E-state index in [-0.39, 0.29) is 0 Å². The molecule has 4 rings (SSSR count). The minimum atomic E-state index is 0.810. The van der Waals surface area contributed by atoms with Crippen LogP contribution in [-0.2, 0) is 11.2 Å². The second-order valence-electron chi connectivity index (χ2n) is 5.28. The minimum Gasteiger partial charge on any atom is -0.379 e. The molecule has 3 aromatic rings. The number of morpholine rings is 1. The Hall–Kier alpha value is -1.83. The number of nitrogens with zero attached hydrogens (tertiary/aromatic N) is 5. The number of fused-ring (bicyclic) bond motifs is 1. The number of benzene rings is 1. The summed E-state index contributed by atoms with van der Waals surface area (Å²) in [6.45, 7) is 4.72. The fourth-order valence-corrected chi connectivity index (χ4v) is 3.43. The van der Waals surface area contributed by atoms with E-state index >= 15 is 0 Å². The summed E-state index contributed by atoms with van der Waals surface area (Å²) in [5.41, 5.74) is 1.04. The molecular weight excluding hydrogens is 298 g/mol. The highest BCUT2D eigenvalue weighted by molar-refractivity contribution is 7.16. The van der Waals surface area contributed by atoms with Gasteiger partial charge in [0.2, 0.25) is 4.96 Å². The van der Waals surface area contributed by atoms with Crippen LogP contribution >= 0.6 is 11.3 Å². The molecule has 2 aromatic heterocycles. The van der Waals surface area contributed by atoms with Gasteiger partial charge >= 0.3 is 0 Å². The SMILES string of the molecule is c1ccc(-c2nnc3sc(CCN4CCOCC4)nn23)cc1. The quantitative estimate of drug-likeness (QED) is 0.734. The summed E-state index contributed by atoms with van der Waals surface area (Å²) in [5.74, 6) is 0.810. The van der Waals surface area contributed by atoms with E-state index < -0.39 is 0 Å². The molecule has 0 unspecified atom stereocenters. The maximum atomic E-state index is 5.38. The van der Waals surface area contributed by atoms with Gasteiger partial charge in [-0.2, -0.15) is 9.61 Å². The van der Waals surface area contributed by atoms with Crippen molar-refractivity contribution in [1.82, 2.24) is 24.7 Å². The third-order valence-electron chi connectivity index (χ3n) is 3.81. The van der Waals surface area contributed by atoms with E-state index in [4.69, 9.17) is 4.74 Å². The van der Waals surface area contributed by atoms with E-state index in [1.165, 1.54) is 0 Å². The summed E-state index contributed by atoms with van der Waals surface area (Å²) in [6.07, 6.45) is 0.947. The molecule has 7 heteroatoms. The number of hydrogen-bond acceptors (Lipinski definition) is 6. The van der Waals surface area contributed by atoms with E-state index in [9.17, 15) is 0 Å². The largest absolute Gasteiger partial charge is 0.379 e. The maximum Gasteiger partial charge on any atom is 0.234 e. The van der Waals surface area contributed by atoms with E-state index in [1.54, 1.807) is 11.3 Å². The molecule has 0 atom stereocenters. The molecule has 0 amide bonds. The number of ether oxygens (including phenoxy) is 1. The van der Waals surface area contributed by atoms with E-state index in [0.29, 0.717) is 0 Å². The first-order valence-corrected chi connectivity index (χ1v) is 8.28. The third kappa shape index (κ3) is 2.75. The summed E-state index contributed by atoms with van der Waals surface area (Å²) in [5, 5.41) is 14.3. The summed E-state index contributed by atoms with van der Waals surface area (Å²) in [6, 6.07) is 10.1. The van der Waals surface area contributed by atoms with E-state index in [2.05, 4.69) is 20.2 Å². The van der Waals surface area contributed by atoms with Crippen molar-refractivity contribution >= 4 is 16.3 Å². The van der Waals surface area contributed by atoms with Crippen molar-refractivity contribution in [1.29, 1.82) is 0 Å². The van der Waals surface area contributed by atoms with Crippen LogP contribution in [0.1, 0.15) is 5.01 Å². The standard InChI is InChI=1S/C15H17N5OS/c1-2-4-12(5-3-1)14-16-17-15-20(14)18-13(22-15)6-7-19-8-10-21-11-9-19/h1-5H,6-11H2. The lowest BCUT2D eigenvalue weighted by atomic mass is 10.2. The number of rotatable bonds is 4. The first-order chi connectivity index (χ1) is 10.9. The third-order valence-corrected chi connectivity index (χ3v) is 4.77. The Balaban J connectivity index is 1.52. The summed E-state index contributed by atoms with van der Waals surface area (Å²) in [4.78, 5) is 3.28. The van der Waals surface area contributed by atoms with Crippen LogP contribution in [0.25, 0.3) is 16.3 Å². The molecule has 0 aliphatic carbocycles. The lowest BCUT2D eigenvalue weighted by Crippen LogP contribution is -2.37. The van der Waals surface area contributed by atoms with Crippen molar-refractivity contribution in [3.05, 3.63) is 35.3 Å². The molecule has 1 fully saturated rings. The second-order valence-corrected chi connectivity index (χ2v) is 6.32. The molecule has 6 nitrogen and oxygen atoms in total. The fourth-order valence-electron chi connectivity index (χ4n) is 2.60. The zero-order chi connectivity index (χ0) is 14.8. The molecule has 1 aliphatic heterocycles. The molecule has 0 radical (unpaired) electrons. The van der Waals surface area contributed by atoms with Crippen LogP contribution in [-0.4, -0.2) is 57.6 Å². The highest BCUT2D eigenvalue weighted by atomic mass is 32.1. The molecule has 1 saturated heterocycles. The Morgan fingerprint density at radius 2 is 1.91 bits per heavy atom. The van der Waals surface area contributed by atoms with Gasteiger partial charge in [-0.05, 0) is 0 Å². The fraction of sp³-hybridized carbons (Fsp3) is 0.400. The molecule has 114 valence electrons. The zero-order valence-electron chi connectivity index (χ0n) is 12.2. The minimum absolute atomic E-state index is 0.810. The van der Waals surface area contributed by atoms with Crippen LogP contribution in [0.2, 0.25) is 0 Å². The van der Waals surface area contributed by atoms with Gasteiger partial charge in [0, 0.05) is 31.6 Å². The Morgan fingerprint density at radius 3 is 2.73 bits per heavy atom. The Bertz CT molecular complexity index is 748. The average molecular weight is 315 g/mol. The van der Waals surface area contributed by atoms with Crippen molar-refractivity contribution < 1.29 is 4.74 Å². The number of hydrogen-bond donors (Lipinski definition) is 0. The van der Waals surface area contributed by atoms with E-state index in [1.807, 2.05) is 34.8 Å². The summed E-state index contributed by atoms with van der Waals surface area (Å²) < 4.78 is 7.23. The van der Waals surface area contributed by atoms with Gasteiger partial charge in [0.05, 0.1) is 13.2 Å². The van der Waals surface area contributed by atoms with Crippen molar-refractivity contribution in [3.8, 4) is 11.4 Å². The molecule has 3 heterocycles. The van der Waals surface area contributed by atoms with Crippen LogP contribution in [0.4, 0.5) is 0 Å². The number of aromatic nitrogens is 4. The van der Waals surface area contributed by atoms with Crippen molar-refractivity contribution in [2.75, 3.05) is 32.8 Å². The van der Waals surface area contributed by atoms with Gasteiger partial charge in [-0.25, -0.2) is 0 Å². The molecule has 0 saturated carbocycles. The Morgan fingerprint density at radius 1 is 1.09 bits per heavy atom. The van der Waals surface area contributed by atoms with Crippen LogP contribution in [0.5, 0.6) is 0 Å². The van der Waals surface area contributed by atoms with Crippen molar-refractivity contribution in [3.63, 3.8) is 0 Å². The van der Waals surface area contributed by atoms with Gasteiger partial charge in [0.25, 0.3) is 0 Å². The Kier molecular flexibility index (Phi) is 3.84. The summed E-state index contributed by atoms with van der Waals surface area (Å²) in [7, 11) is 0. The average Bonchev–Trinajstić information content (AvgIpc) is 3.15. The monoisotopic (exact) mass is 315 g/mol. The molecule has 1 aliphatic rings. The van der Waals surface area contributed by atoms with Crippen LogP contribution in [0.3, 0.4) is 0 Å². The van der Waals surface area contributed by atoms with Gasteiger partial charge in [0.15, 0.2) is 5.82 Å². The molecule has 0 N–H and O–H groups in total. The van der Waals surface area contributed by atoms with Crippen molar-refractivity contribution in [2.24, 2.45) is 0 Å². The first kappa shape index (κ1) is 13.8. The highest BCUT2D eigenvalue weighted by Crippen LogP contribution is 2.21. The lowest BCUT2D eigenvalue weighted by Gasteiger charge is -2.25. The van der Waals surface area contributed by atoms with Crippen molar-refractivity contribution in [2.45, 2.75) is 6.42 Å². The van der Waals surface area contributed by atoms with Gasteiger partial charge in [-0.15, -0.1) is 10.2 Å². The first-order valence-electron chi connectivity index (χ1n) is 7.47. The van der Waals surface area contributed by atoms with Gasteiger partial charge in [-0.1, -0.05) is 41.7 Å². The lowest BCUT2D eigenvalue weighted by molar-refractivity contribution is 0.0384. The molecule has 1 aromatic carbocycles. The molecular formula is C15H17N5OS. The van der Waals surface area contributed by atoms with Crippen LogP contribution in [0, 0.1) is 0 Å². The molecule has 0 spiro atoms. The maximum absolute atomic E-state index is 5.38. The summed E-state index contributed by atoms with van der Waals surface area (Å²) >= 11 is 1.62. The zero-order valence-corrected chi connectivity index (χ0v) is 13.0. The van der Waals surface area contributed by atoms with Crippen LogP contribution in [0.15, 0.2) is 30.3 Å². The molecule has 22 heavy (non-hydrogen) atoms. The second kappa shape index (κ2) is 6.12. The van der Waals surface area contributed by atoms with E-state index in [0.717, 1.165) is 60.6 Å². The highest BCUT2D eigenvalue weighted by Gasteiger charge is 2.15.